The fourth-order valence-electron chi connectivity index (χ4n) is 2.69. The van der Waals surface area contributed by atoms with Gasteiger partial charge < -0.3 is 0 Å². The second-order valence-corrected chi connectivity index (χ2v) is 5.35. The summed E-state index contributed by atoms with van der Waals surface area (Å²) in [5, 5.41) is 0.366. The Morgan fingerprint density at radius 2 is 1.89 bits per heavy atom. The Hall–Kier alpha value is -1.03. The number of alkyl halides is 3. The lowest BCUT2D eigenvalue weighted by molar-refractivity contribution is -0.190. The highest BCUT2D eigenvalue weighted by molar-refractivity contribution is 6.31. The van der Waals surface area contributed by atoms with Gasteiger partial charge in [-0.25, -0.2) is 0 Å². The Bertz CT molecular complexity index is 470. The van der Waals surface area contributed by atoms with E-state index in [-0.39, 0.29) is 12.0 Å². The van der Waals surface area contributed by atoms with Gasteiger partial charge in [-0.3, -0.25) is 4.79 Å². The highest BCUT2D eigenvalue weighted by Gasteiger charge is 2.47. The van der Waals surface area contributed by atoms with Crippen LogP contribution in [0.3, 0.4) is 0 Å². The number of carbonyl (C=O) groups is 1. The lowest BCUT2D eigenvalue weighted by Gasteiger charge is -2.32. The molecule has 1 aromatic rings. The van der Waals surface area contributed by atoms with Gasteiger partial charge >= 0.3 is 6.18 Å². The molecular weight excluding hydrogens is 277 g/mol. The summed E-state index contributed by atoms with van der Waals surface area (Å²) in [6.07, 6.45) is -2.76. The molecule has 19 heavy (non-hydrogen) atoms. The van der Waals surface area contributed by atoms with Crippen LogP contribution in [0.15, 0.2) is 24.3 Å². The van der Waals surface area contributed by atoms with Crippen LogP contribution in [0.5, 0.6) is 0 Å². The summed E-state index contributed by atoms with van der Waals surface area (Å²) < 4.78 is 38.9. The molecule has 1 aromatic carbocycles. The maximum Gasteiger partial charge on any atom is 0.392 e. The molecule has 0 heterocycles. The Kier molecular flexibility index (Phi) is 4.19. The Morgan fingerprint density at radius 1 is 1.21 bits per heavy atom. The van der Waals surface area contributed by atoms with E-state index in [1.807, 2.05) is 0 Å². The van der Waals surface area contributed by atoms with Crippen LogP contribution in [0.2, 0.25) is 5.02 Å². The quantitative estimate of drug-likeness (QED) is 0.709. The number of carbonyl (C=O) groups excluding carboxylic acids is 1. The van der Waals surface area contributed by atoms with E-state index in [2.05, 4.69) is 0 Å². The molecule has 0 spiro atoms. The van der Waals surface area contributed by atoms with Crippen LogP contribution in [-0.2, 0) is 0 Å². The minimum atomic E-state index is -4.31. The first-order valence-corrected chi connectivity index (χ1v) is 6.64. The van der Waals surface area contributed by atoms with Gasteiger partial charge in [0, 0.05) is 16.5 Å². The summed E-state index contributed by atoms with van der Waals surface area (Å²) in [5.41, 5.74) is 0.272. The van der Waals surface area contributed by atoms with Gasteiger partial charge in [0.2, 0.25) is 0 Å². The summed E-state index contributed by atoms with van der Waals surface area (Å²) in [6.45, 7) is 0. The van der Waals surface area contributed by atoms with E-state index in [0.29, 0.717) is 24.3 Å². The van der Waals surface area contributed by atoms with Gasteiger partial charge in [-0.1, -0.05) is 36.6 Å². The monoisotopic (exact) mass is 290 g/mol. The van der Waals surface area contributed by atoms with Gasteiger partial charge in [0.05, 0.1) is 5.92 Å². The van der Waals surface area contributed by atoms with E-state index in [0.717, 1.165) is 0 Å². The first-order chi connectivity index (χ1) is 8.89. The number of ketones is 1. The molecule has 1 aliphatic rings. The van der Waals surface area contributed by atoms with Crippen LogP contribution in [0.1, 0.15) is 36.0 Å². The minimum Gasteiger partial charge on any atom is -0.294 e. The fourth-order valence-corrected chi connectivity index (χ4v) is 2.88. The van der Waals surface area contributed by atoms with Gasteiger partial charge in [0.15, 0.2) is 5.78 Å². The van der Waals surface area contributed by atoms with Crippen molar-refractivity contribution in [1.29, 1.82) is 0 Å². The van der Waals surface area contributed by atoms with Crippen LogP contribution in [0, 0.1) is 11.8 Å². The molecule has 1 nitrogen and oxygen atoms in total. The van der Waals surface area contributed by atoms with Crippen LogP contribution in [-0.4, -0.2) is 12.0 Å². The number of Topliss-reactive ketones (excluding diaryl/α,β-unsaturated/α-hetero) is 1. The number of rotatable bonds is 2. The van der Waals surface area contributed by atoms with E-state index in [9.17, 15) is 18.0 Å². The van der Waals surface area contributed by atoms with Crippen molar-refractivity contribution in [2.24, 2.45) is 11.8 Å². The van der Waals surface area contributed by atoms with E-state index in [4.69, 9.17) is 11.6 Å². The molecule has 0 aliphatic heterocycles. The molecular formula is C14H14ClF3O. The van der Waals surface area contributed by atoms with Crippen LogP contribution < -0.4 is 0 Å². The van der Waals surface area contributed by atoms with Crippen molar-refractivity contribution in [3.8, 4) is 0 Å². The van der Waals surface area contributed by atoms with Crippen molar-refractivity contribution in [3.05, 3.63) is 34.9 Å². The SMILES string of the molecule is O=C(c1cccc(Cl)c1)C1CCCCC1C(F)(F)F. The molecule has 0 radical (unpaired) electrons. The molecule has 0 aromatic heterocycles. The van der Waals surface area contributed by atoms with Gasteiger partial charge in [0.1, 0.15) is 0 Å². The maximum absolute atomic E-state index is 13.0. The van der Waals surface area contributed by atoms with Gasteiger partial charge in [0.25, 0.3) is 0 Å². The molecule has 1 aliphatic carbocycles. The van der Waals surface area contributed by atoms with E-state index < -0.39 is 23.8 Å². The zero-order chi connectivity index (χ0) is 14.0. The molecule has 104 valence electrons. The maximum atomic E-state index is 13.0. The summed E-state index contributed by atoms with van der Waals surface area (Å²) in [4.78, 5) is 12.3. The number of halogens is 4. The molecule has 1 fully saturated rings. The second kappa shape index (κ2) is 5.53. The van der Waals surface area contributed by atoms with Crippen molar-refractivity contribution in [3.63, 3.8) is 0 Å². The van der Waals surface area contributed by atoms with Crippen LogP contribution in [0.4, 0.5) is 13.2 Å². The molecule has 1 saturated carbocycles. The van der Waals surface area contributed by atoms with Gasteiger partial charge in [-0.05, 0) is 25.0 Å². The molecule has 0 bridgehead atoms. The average molecular weight is 291 g/mol. The van der Waals surface area contributed by atoms with Crippen molar-refractivity contribution < 1.29 is 18.0 Å². The minimum absolute atomic E-state index is 0.0421. The first-order valence-electron chi connectivity index (χ1n) is 6.26. The van der Waals surface area contributed by atoms with E-state index >= 15 is 0 Å². The lowest BCUT2D eigenvalue weighted by Crippen LogP contribution is -2.37. The third-order valence-electron chi connectivity index (χ3n) is 3.63. The highest BCUT2D eigenvalue weighted by Crippen LogP contribution is 2.42. The van der Waals surface area contributed by atoms with Gasteiger partial charge in [-0.15, -0.1) is 0 Å². The standard InChI is InChI=1S/C14H14ClF3O/c15-10-5-3-4-9(8-10)13(19)11-6-1-2-7-12(11)14(16,17)18/h3-5,8,11-12H,1-2,6-7H2. The van der Waals surface area contributed by atoms with Crippen molar-refractivity contribution in [1.82, 2.24) is 0 Å². The predicted octanol–water partition coefficient (Wildman–Crippen LogP) is 4.89. The van der Waals surface area contributed by atoms with E-state index in [1.165, 1.54) is 12.1 Å². The average Bonchev–Trinajstić information content (AvgIpc) is 2.37. The number of hydrogen-bond donors (Lipinski definition) is 0. The summed E-state index contributed by atoms with van der Waals surface area (Å²) in [7, 11) is 0. The lowest BCUT2D eigenvalue weighted by atomic mass is 9.75. The summed E-state index contributed by atoms with van der Waals surface area (Å²) in [6, 6.07) is 6.14. The zero-order valence-corrected chi connectivity index (χ0v) is 11.0. The largest absolute Gasteiger partial charge is 0.392 e. The first kappa shape index (κ1) is 14.4. The van der Waals surface area contributed by atoms with Crippen molar-refractivity contribution in [2.75, 3.05) is 0 Å². The van der Waals surface area contributed by atoms with Crippen molar-refractivity contribution in [2.45, 2.75) is 31.9 Å². The number of hydrogen-bond acceptors (Lipinski definition) is 1. The summed E-state index contributed by atoms with van der Waals surface area (Å²) in [5.74, 6) is -2.93. The molecule has 2 unspecified atom stereocenters. The molecule has 5 heteroatoms. The van der Waals surface area contributed by atoms with Crippen molar-refractivity contribution >= 4 is 17.4 Å². The predicted molar refractivity (Wildman–Crippen MR) is 67.3 cm³/mol. The smallest absolute Gasteiger partial charge is 0.294 e. The fraction of sp³-hybridized carbons (Fsp3) is 0.500. The third kappa shape index (κ3) is 3.30. The molecule has 0 N–H and O–H groups in total. The van der Waals surface area contributed by atoms with Crippen LogP contribution >= 0.6 is 11.6 Å². The highest BCUT2D eigenvalue weighted by atomic mass is 35.5. The van der Waals surface area contributed by atoms with Crippen LogP contribution in [0.25, 0.3) is 0 Å². The molecule has 0 saturated heterocycles. The second-order valence-electron chi connectivity index (χ2n) is 4.91. The molecule has 2 rings (SSSR count). The number of benzene rings is 1. The Morgan fingerprint density at radius 3 is 2.53 bits per heavy atom. The van der Waals surface area contributed by atoms with E-state index in [1.54, 1.807) is 12.1 Å². The molecule has 2 atom stereocenters. The Balaban J connectivity index is 2.25. The topological polar surface area (TPSA) is 17.1 Å². The normalized spacial score (nSPS) is 24.2. The Labute approximate surface area is 114 Å². The van der Waals surface area contributed by atoms with Gasteiger partial charge in [-0.2, -0.15) is 13.2 Å². The zero-order valence-electron chi connectivity index (χ0n) is 10.2. The third-order valence-corrected chi connectivity index (χ3v) is 3.87. The molecule has 0 amide bonds. The summed E-state index contributed by atoms with van der Waals surface area (Å²) >= 11 is 5.78.